The van der Waals surface area contributed by atoms with Crippen LogP contribution < -0.4 is 0 Å². The second-order valence-electron chi connectivity index (χ2n) is 14.2. The highest BCUT2D eigenvalue weighted by Gasteiger charge is 2.40. The summed E-state index contributed by atoms with van der Waals surface area (Å²) in [4.78, 5) is 19.0. The second kappa shape index (κ2) is 24.7. The van der Waals surface area contributed by atoms with Crippen molar-refractivity contribution >= 4 is 14.0 Å². The van der Waals surface area contributed by atoms with Gasteiger partial charge in [-0.2, -0.15) is 0 Å². The number of rotatable bonds is 26. The molecule has 0 radical (unpaired) electrons. The maximum absolute atomic E-state index is 14.8. The molecule has 0 aliphatic carbocycles. The average Bonchev–Trinajstić information content (AvgIpc) is 3.33. The van der Waals surface area contributed by atoms with E-state index in [1.807, 2.05) is 182 Å². The molecule has 0 bridgehead atoms. The summed E-state index contributed by atoms with van der Waals surface area (Å²) in [5.74, 6) is 1.40. The lowest BCUT2D eigenvalue weighted by Gasteiger charge is -2.39. The van der Waals surface area contributed by atoms with Crippen LogP contribution in [0.4, 0.5) is 0 Å². The third-order valence-corrected chi connectivity index (χ3v) is 11.2. The minimum atomic E-state index is -4.01. The summed E-state index contributed by atoms with van der Waals surface area (Å²) in [5, 5.41) is 12.2. The molecular formula is C50H52NO9P. The largest absolute Gasteiger partial charge is 0.394 e. The summed E-state index contributed by atoms with van der Waals surface area (Å²) < 4.78 is 47.3. The first-order valence-electron chi connectivity index (χ1n) is 20.2. The molecule has 0 heterocycles. The van der Waals surface area contributed by atoms with E-state index in [9.17, 15) is 14.5 Å². The number of benzene rings is 6. The standard InChI is InChI=1S/C50H52NO9P/c52-33-47(51(40-53)58-37-44-25-13-4-14-26-44)49(56-35-42-21-9-2-10-22-42)50(57-36-43-23-11-3-12-24-43)48(55-34-41-19-7-1-8-20-41)31-32-61(54,59-38-45-27-15-5-16-28-45)60-39-46-29-17-6-18-30-46/h1-32,40,47-50,52H,33-39H2/b32-31+/t47?,48-,49+,50-/m1/s1. The first-order valence-corrected chi connectivity index (χ1v) is 21.8. The topological polar surface area (TPSA) is 113 Å². The maximum atomic E-state index is 14.8. The third-order valence-electron chi connectivity index (χ3n) is 9.69. The monoisotopic (exact) mass is 841 g/mol. The van der Waals surface area contributed by atoms with Gasteiger partial charge < -0.3 is 28.4 Å². The van der Waals surface area contributed by atoms with E-state index in [1.54, 1.807) is 6.08 Å². The molecule has 6 aromatic rings. The first kappa shape index (κ1) is 45.0. The van der Waals surface area contributed by atoms with Crippen molar-refractivity contribution in [2.45, 2.75) is 64.0 Å². The Morgan fingerprint density at radius 1 is 0.475 bits per heavy atom. The van der Waals surface area contributed by atoms with E-state index in [4.69, 9.17) is 28.1 Å². The van der Waals surface area contributed by atoms with Crippen LogP contribution in [0.1, 0.15) is 33.4 Å². The minimum absolute atomic E-state index is 0.0170. The molecule has 4 atom stereocenters. The Morgan fingerprint density at radius 3 is 1.20 bits per heavy atom. The van der Waals surface area contributed by atoms with E-state index in [-0.39, 0.29) is 39.6 Å². The number of carbonyl (C=O) groups excluding carboxylic acids is 1. The summed E-state index contributed by atoms with van der Waals surface area (Å²) >= 11 is 0. The van der Waals surface area contributed by atoms with E-state index < -0.39 is 38.6 Å². The van der Waals surface area contributed by atoms with Crippen LogP contribution in [0.3, 0.4) is 0 Å². The van der Waals surface area contributed by atoms with Gasteiger partial charge in [0.05, 0.1) is 39.6 Å². The van der Waals surface area contributed by atoms with Crippen LogP contribution >= 0.6 is 7.60 Å². The van der Waals surface area contributed by atoms with Gasteiger partial charge in [0, 0.05) is 5.82 Å². The van der Waals surface area contributed by atoms with Crippen molar-refractivity contribution in [2.75, 3.05) is 6.61 Å². The number of amides is 1. The summed E-state index contributed by atoms with van der Waals surface area (Å²) in [7, 11) is -4.01. The molecule has 1 unspecified atom stereocenters. The highest BCUT2D eigenvalue weighted by Crippen LogP contribution is 2.51. The van der Waals surface area contributed by atoms with Crippen LogP contribution in [0.25, 0.3) is 0 Å². The van der Waals surface area contributed by atoms with Crippen LogP contribution in [0.15, 0.2) is 194 Å². The molecule has 61 heavy (non-hydrogen) atoms. The summed E-state index contributed by atoms with van der Waals surface area (Å²) in [6, 6.07) is 55.9. The van der Waals surface area contributed by atoms with Gasteiger partial charge in [-0.1, -0.05) is 182 Å². The number of ether oxygens (including phenoxy) is 3. The van der Waals surface area contributed by atoms with Gasteiger partial charge in [-0.3, -0.25) is 14.2 Å². The van der Waals surface area contributed by atoms with Crippen molar-refractivity contribution in [2.24, 2.45) is 0 Å². The van der Waals surface area contributed by atoms with Gasteiger partial charge in [0.1, 0.15) is 31.0 Å². The number of nitrogens with zero attached hydrogens (tertiary/aromatic N) is 1. The van der Waals surface area contributed by atoms with Crippen LogP contribution in [0, 0.1) is 0 Å². The van der Waals surface area contributed by atoms with Gasteiger partial charge in [-0.15, -0.1) is 0 Å². The molecule has 0 aromatic heterocycles. The fourth-order valence-electron chi connectivity index (χ4n) is 6.41. The molecule has 10 nitrogen and oxygen atoms in total. The molecule has 0 aliphatic rings. The molecule has 316 valence electrons. The average molecular weight is 842 g/mol. The Morgan fingerprint density at radius 2 is 0.820 bits per heavy atom. The summed E-state index contributed by atoms with van der Waals surface area (Å²) in [6.07, 6.45) is -1.03. The zero-order valence-electron chi connectivity index (χ0n) is 33.9. The number of aliphatic hydroxyl groups excluding tert-OH is 1. The Hall–Kier alpha value is -5.52. The van der Waals surface area contributed by atoms with Gasteiger partial charge in [0.15, 0.2) is 0 Å². The highest BCUT2D eigenvalue weighted by atomic mass is 31.2. The molecule has 6 rings (SSSR count). The lowest BCUT2D eigenvalue weighted by atomic mass is 9.99. The van der Waals surface area contributed by atoms with E-state index in [0.29, 0.717) is 6.41 Å². The molecule has 0 spiro atoms. The molecule has 6 aromatic carbocycles. The predicted molar refractivity (Wildman–Crippen MR) is 234 cm³/mol. The predicted octanol–water partition coefficient (Wildman–Crippen LogP) is 9.83. The van der Waals surface area contributed by atoms with Crippen LogP contribution in [0.5, 0.6) is 0 Å². The third kappa shape index (κ3) is 14.9. The van der Waals surface area contributed by atoms with Crippen molar-refractivity contribution in [3.05, 3.63) is 227 Å². The molecule has 0 saturated heterocycles. The SMILES string of the molecule is O=CN(OCc1ccccc1)C(CO)[C@H](OCc1ccccc1)[C@H](OCc1ccccc1)[C@@H](/C=C/P(=O)(OCc1ccccc1)OCc1ccccc1)OCc1ccccc1. The molecule has 0 aliphatic heterocycles. The first-order chi connectivity index (χ1) is 30.0. The summed E-state index contributed by atoms with van der Waals surface area (Å²) in [6.45, 7) is -0.165. The van der Waals surface area contributed by atoms with Gasteiger partial charge in [-0.05, 0) is 39.5 Å². The molecular weight excluding hydrogens is 790 g/mol. The number of carbonyl (C=O) groups is 1. The number of hydrogen-bond acceptors (Lipinski definition) is 9. The van der Waals surface area contributed by atoms with Gasteiger partial charge in [0.25, 0.3) is 0 Å². The van der Waals surface area contributed by atoms with Crippen molar-refractivity contribution < 1.29 is 42.6 Å². The molecule has 0 fully saturated rings. The lowest BCUT2D eigenvalue weighted by molar-refractivity contribution is -0.235. The van der Waals surface area contributed by atoms with Crippen molar-refractivity contribution in [1.82, 2.24) is 5.06 Å². The van der Waals surface area contributed by atoms with Gasteiger partial charge >= 0.3 is 7.60 Å². The van der Waals surface area contributed by atoms with Gasteiger partial charge in [-0.25, -0.2) is 5.06 Å². The zero-order valence-corrected chi connectivity index (χ0v) is 34.8. The molecule has 11 heteroatoms. The van der Waals surface area contributed by atoms with E-state index in [0.717, 1.165) is 38.4 Å². The fourth-order valence-corrected chi connectivity index (χ4v) is 7.69. The Kier molecular flexibility index (Phi) is 18.2. The van der Waals surface area contributed by atoms with Crippen molar-refractivity contribution in [1.29, 1.82) is 0 Å². The lowest BCUT2D eigenvalue weighted by Crippen LogP contribution is -2.55. The zero-order chi connectivity index (χ0) is 42.4. The van der Waals surface area contributed by atoms with Crippen LogP contribution in [0.2, 0.25) is 0 Å². The smallest absolute Gasteiger partial charge is 0.354 e. The second-order valence-corrected chi connectivity index (χ2v) is 16.1. The quantitative estimate of drug-likeness (QED) is 0.0324. The van der Waals surface area contributed by atoms with Crippen molar-refractivity contribution in [3.63, 3.8) is 0 Å². The molecule has 1 N–H and O–H groups in total. The number of aliphatic hydroxyl groups is 1. The van der Waals surface area contributed by atoms with Crippen molar-refractivity contribution in [3.8, 4) is 0 Å². The molecule has 1 amide bonds. The number of hydroxylamine groups is 2. The maximum Gasteiger partial charge on any atom is 0.354 e. The van der Waals surface area contributed by atoms with Crippen LogP contribution in [-0.4, -0.2) is 47.5 Å². The Balaban J connectivity index is 1.41. The summed E-state index contributed by atoms with van der Waals surface area (Å²) in [5.41, 5.74) is 5.01. The van der Waals surface area contributed by atoms with E-state index in [1.165, 1.54) is 5.82 Å². The highest BCUT2D eigenvalue weighted by molar-refractivity contribution is 7.57. The Bertz CT molecular complexity index is 2140. The minimum Gasteiger partial charge on any atom is -0.394 e. The van der Waals surface area contributed by atoms with E-state index >= 15 is 0 Å². The number of hydrogen-bond donors (Lipinski definition) is 1. The van der Waals surface area contributed by atoms with Crippen LogP contribution in [-0.2, 0) is 77.1 Å². The van der Waals surface area contributed by atoms with Gasteiger partial charge in [0.2, 0.25) is 6.41 Å². The fraction of sp³-hybridized carbons (Fsp3) is 0.220. The Labute approximate surface area is 358 Å². The molecule has 0 saturated carbocycles. The van der Waals surface area contributed by atoms with E-state index in [2.05, 4.69) is 0 Å². The normalized spacial score (nSPS) is 13.7.